The molecular formula is C21H25F2N3O3S. The molecule has 0 aromatic heterocycles. The number of benzene rings is 2. The quantitative estimate of drug-likeness (QED) is 0.687. The Bertz CT molecular complexity index is 947. The zero-order valence-corrected chi connectivity index (χ0v) is 17.3. The fourth-order valence-corrected chi connectivity index (χ4v) is 4.30. The molecule has 2 aromatic rings. The smallest absolute Gasteiger partial charge is 0.324 e. The number of nitrogens with one attached hydrogen (secondary N) is 1. The number of carbonyl (C=O) groups excluding carboxylic acids is 1. The van der Waals surface area contributed by atoms with Crippen LogP contribution in [0.5, 0.6) is 0 Å². The molecule has 1 saturated heterocycles. The highest BCUT2D eigenvalue weighted by Gasteiger charge is 2.29. The van der Waals surface area contributed by atoms with Crippen molar-refractivity contribution < 1.29 is 22.0 Å². The minimum atomic E-state index is -4.79. The first kappa shape index (κ1) is 22.3. The summed E-state index contributed by atoms with van der Waals surface area (Å²) in [6.45, 7) is 4.10. The molecule has 1 heterocycles. The van der Waals surface area contributed by atoms with Crippen molar-refractivity contribution in [2.75, 3.05) is 44.6 Å². The van der Waals surface area contributed by atoms with Gasteiger partial charge in [-0.2, -0.15) is 8.78 Å². The molecule has 9 heteroatoms. The zero-order chi connectivity index (χ0) is 21.6. The molecule has 30 heavy (non-hydrogen) atoms. The number of sulfone groups is 1. The Morgan fingerprint density at radius 1 is 0.933 bits per heavy atom. The van der Waals surface area contributed by atoms with Gasteiger partial charge >= 0.3 is 5.76 Å². The summed E-state index contributed by atoms with van der Waals surface area (Å²) in [5, 5.41) is 2.47. The van der Waals surface area contributed by atoms with Crippen LogP contribution in [0, 0.1) is 0 Å². The Morgan fingerprint density at radius 2 is 1.53 bits per heavy atom. The van der Waals surface area contributed by atoms with Crippen molar-refractivity contribution >= 4 is 21.4 Å². The van der Waals surface area contributed by atoms with Crippen LogP contribution in [0.1, 0.15) is 5.56 Å². The topological polar surface area (TPSA) is 69.7 Å². The predicted octanol–water partition coefficient (Wildman–Crippen LogP) is 2.48. The van der Waals surface area contributed by atoms with Crippen LogP contribution in [0.4, 0.5) is 14.5 Å². The van der Waals surface area contributed by atoms with Crippen LogP contribution < -0.4 is 5.32 Å². The molecule has 0 radical (unpaired) electrons. The van der Waals surface area contributed by atoms with E-state index in [0.29, 0.717) is 13.1 Å². The van der Waals surface area contributed by atoms with Gasteiger partial charge in [-0.25, -0.2) is 8.42 Å². The summed E-state index contributed by atoms with van der Waals surface area (Å²) in [5.41, 5.74) is 1.17. The van der Waals surface area contributed by atoms with E-state index in [1.165, 1.54) is 23.8 Å². The van der Waals surface area contributed by atoms with Gasteiger partial charge in [-0.15, -0.1) is 0 Å². The Morgan fingerprint density at radius 3 is 2.20 bits per heavy atom. The monoisotopic (exact) mass is 437 g/mol. The van der Waals surface area contributed by atoms with Crippen LogP contribution in [0.25, 0.3) is 0 Å². The molecule has 162 valence electrons. The first-order valence-electron chi connectivity index (χ1n) is 9.76. The molecule has 1 aliphatic rings. The van der Waals surface area contributed by atoms with Crippen LogP contribution in [0.2, 0.25) is 0 Å². The van der Waals surface area contributed by atoms with Crippen molar-refractivity contribution in [3.8, 4) is 0 Å². The van der Waals surface area contributed by atoms with Crippen molar-refractivity contribution in [3.05, 3.63) is 60.2 Å². The van der Waals surface area contributed by atoms with Crippen LogP contribution in [-0.4, -0.2) is 69.2 Å². The Hall–Kier alpha value is -2.36. The van der Waals surface area contributed by atoms with E-state index in [1.807, 2.05) is 23.1 Å². The fourth-order valence-electron chi connectivity index (χ4n) is 3.41. The van der Waals surface area contributed by atoms with Gasteiger partial charge in [-0.3, -0.25) is 9.69 Å². The number of carbonyl (C=O) groups is 1. The SMILES string of the molecule is O=C(CN1CCN(CCc2ccccc2)CC1)Nc1ccccc1S(=O)(=O)C(F)F. The Kier molecular flexibility index (Phi) is 7.52. The standard InChI is InChI=1S/C21H25F2N3O3S/c22-21(23)30(28,29)19-9-5-4-8-18(19)24-20(27)16-26-14-12-25(13-15-26)11-10-17-6-2-1-3-7-17/h1-9,21H,10-16H2,(H,24,27). The van der Waals surface area contributed by atoms with Gasteiger partial charge < -0.3 is 10.2 Å². The molecule has 1 N–H and O–H groups in total. The van der Waals surface area contributed by atoms with Gasteiger partial charge in [0.25, 0.3) is 0 Å². The van der Waals surface area contributed by atoms with Gasteiger partial charge in [0.1, 0.15) is 0 Å². The first-order valence-corrected chi connectivity index (χ1v) is 11.3. The molecule has 3 rings (SSSR count). The number of rotatable bonds is 8. The lowest BCUT2D eigenvalue weighted by atomic mass is 10.1. The Balaban J connectivity index is 1.49. The molecule has 0 bridgehead atoms. The molecule has 6 nitrogen and oxygen atoms in total. The number of alkyl halides is 2. The third kappa shape index (κ3) is 5.84. The van der Waals surface area contributed by atoms with Crippen LogP contribution >= 0.6 is 0 Å². The van der Waals surface area contributed by atoms with E-state index in [0.717, 1.165) is 32.1 Å². The lowest BCUT2D eigenvalue weighted by molar-refractivity contribution is -0.117. The highest BCUT2D eigenvalue weighted by molar-refractivity contribution is 7.91. The highest BCUT2D eigenvalue weighted by atomic mass is 32.2. The van der Waals surface area contributed by atoms with E-state index < -0.39 is 26.4 Å². The average Bonchev–Trinajstić information content (AvgIpc) is 2.74. The molecule has 1 fully saturated rings. The van der Waals surface area contributed by atoms with Gasteiger partial charge in [0.2, 0.25) is 15.7 Å². The highest BCUT2D eigenvalue weighted by Crippen LogP contribution is 2.26. The normalized spacial score (nSPS) is 16.0. The Labute approximate surface area is 175 Å². The van der Waals surface area contributed by atoms with Crippen molar-refractivity contribution in [2.45, 2.75) is 17.1 Å². The van der Waals surface area contributed by atoms with E-state index in [9.17, 15) is 22.0 Å². The van der Waals surface area contributed by atoms with E-state index in [1.54, 1.807) is 0 Å². The largest absolute Gasteiger partial charge is 0.341 e. The summed E-state index contributed by atoms with van der Waals surface area (Å²) in [6, 6.07) is 15.5. The molecule has 0 unspecified atom stereocenters. The second-order valence-corrected chi connectivity index (χ2v) is 9.09. The van der Waals surface area contributed by atoms with Crippen molar-refractivity contribution in [3.63, 3.8) is 0 Å². The number of anilines is 1. The van der Waals surface area contributed by atoms with Crippen LogP contribution in [0.15, 0.2) is 59.5 Å². The van der Waals surface area contributed by atoms with E-state index >= 15 is 0 Å². The van der Waals surface area contributed by atoms with Crippen LogP contribution in [0.3, 0.4) is 0 Å². The maximum atomic E-state index is 12.9. The lowest BCUT2D eigenvalue weighted by Crippen LogP contribution is -2.49. The molecule has 0 aliphatic carbocycles. The van der Waals surface area contributed by atoms with Gasteiger partial charge in [0.05, 0.1) is 17.1 Å². The number of halogens is 2. The van der Waals surface area contributed by atoms with E-state index in [4.69, 9.17) is 0 Å². The number of para-hydroxylation sites is 1. The van der Waals surface area contributed by atoms with Crippen molar-refractivity contribution in [1.82, 2.24) is 9.80 Å². The summed E-state index contributed by atoms with van der Waals surface area (Å²) in [6.07, 6.45) is 0.969. The average molecular weight is 438 g/mol. The molecule has 0 atom stereocenters. The first-order chi connectivity index (χ1) is 14.4. The lowest BCUT2D eigenvalue weighted by Gasteiger charge is -2.34. The molecule has 2 aromatic carbocycles. The van der Waals surface area contributed by atoms with E-state index in [2.05, 4.69) is 22.3 Å². The molecule has 0 spiro atoms. The predicted molar refractivity (Wildman–Crippen MR) is 111 cm³/mol. The number of hydrogen-bond donors (Lipinski definition) is 1. The summed E-state index contributed by atoms with van der Waals surface area (Å²) < 4.78 is 49.4. The van der Waals surface area contributed by atoms with Gasteiger partial charge in [0, 0.05) is 32.7 Å². The van der Waals surface area contributed by atoms with Crippen molar-refractivity contribution in [2.24, 2.45) is 0 Å². The minimum Gasteiger partial charge on any atom is -0.324 e. The zero-order valence-electron chi connectivity index (χ0n) is 16.5. The van der Waals surface area contributed by atoms with Gasteiger partial charge in [-0.05, 0) is 24.1 Å². The molecule has 0 saturated carbocycles. The van der Waals surface area contributed by atoms with Gasteiger partial charge in [-0.1, -0.05) is 42.5 Å². The number of nitrogens with zero attached hydrogens (tertiary/aromatic N) is 2. The maximum Gasteiger partial charge on any atom is 0.341 e. The number of amides is 1. The number of hydrogen-bond acceptors (Lipinski definition) is 5. The fraction of sp³-hybridized carbons (Fsp3) is 0.381. The molecular weight excluding hydrogens is 412 g/mol. The second kappa shape index (κ2) is 10.1. The summed E-state index contributed by atoms with van der Waals surface area (Å²) in [5.74, 6) is -3.97. The maximum absolute atomic E-state index is 12.9. The minimum absolute atomic E-state index is 0.0790. The van der Waals surface area contributed by atoms with E-state index in [-0.39, 0.29) is 12.2 Å². The summed E-state index contributed by atoms with van der Waals surface area (Å²) >= 11 is 0. The number of piperazine rings is 1. The molecule has 1 aliphatic heterocycles. The third-order valence-electron chi connectivity index (χ3n) is 5.09. The summed E-state index contributed by atoms with van der Waals surface area (Å²) in [7, 11) is -4.79. The molecule has 1 amide bonds. The van der Waals surface area contributed by atoms with Crippen molar-refractivity contribution in [1.29, 1.82) is 0 Å². The summed E-state index contributed by atoms with van der Waals surface area (Å²) in [4.78, 5) is 16.1. The second-order valence-electron chi connectivity index (χ2n) is 7.20. The van der Waals surface area contributed by atoms with Gasteiger partial charge in [0.15, 0.2) is 0 Å². The van der Waals surface area contributed by atoms with Crippen LogP contribution in [-0.2, 0) is 21.1 Å². The third-order valence-corrected chi connectivity index (χ3v) is 6.53.